The molecule has 1 aromatic heterocycles. The first-order valence-electron chi connectivity index (χ1n) is 5.73. The molecule has 1 heteroatoms. The first kappa shape index (κ1) is 9.91. The van der Waals surface area contributed by atoms with Gasteiger partial charge in [-0.05, 0) is 34.5 Å². The predicted octanol–water partition coefficient (Wildman–Crippen LogP) is 4.34. The maximum Gasteiger partial charge on any atom is 0.0380 e. The van der Waals surface area contributed by atoms with E-state index >= 15 is 0 Å². The van der Waals surface area contributed by atoms with Crippen LogP contribution in [0, 0.1) is 0 Å². The smallest absolute Gasteiger partial charge is 0.0380 e. The van der Waals surface area contributed by atoms with Crippen LogP contribution in [0.5, 0.6) is 0 Å². The molecule has 0 saturated heterocycles. The summed E-state index contributed by atoms with van der Waals surface area (Å²) in [4.78, 5) is 3.17. The molecular weight excluding hydrogens is 206 g/mol. The Bertz CT molecular complexity index is 643. The third-order valence-electron chi connectivity index (χ3n) is 2.89. The zero-order valence-corrected chi connectivity index (χ0v) is 9.43. The summed E-state index contributed by atoms with van der Waals surface area (Å²) in [5, 5.41) is 2.57. The SMILES string of the molecule is C(=C\c1cccc2ccccc12)/c1ccc[nH]1. The van der Waals surface area contributed by atoms with E-state index in [0.717, 1.165) is 5.69 Å². The van der Waals surface area contributed by atoms with E-state index in [1.165, 1.54) is 16.3 Å². The summed E-state index contributed by atoms with van der Waals surface area (Å²) in [5.74, 6) is 0. The van der Waals surface area contributed by atoms with Crippen LogP contribution in [0.4, 0.5) is 0 Å². The zero-order valence-electron chi connectivity index (χ0n) is 9.43. The number of nitrogens with one attached hydrogen (secondary N) is 1. The molecule has 3 aromatic rings. The molecule has 1 nitrogen and oxygen atoms in total. The van der Waals surface area contributed by atoms with Crippen molar-refractivity contribution in [3.63, 3.8) is 0 Å². The number of H-pyrrole nitrogens is 1. The maximum atomic E-state index is 3.17. The van der Waals surface area contributed by atoms with E-state index in [4.69, 9.17) is 0 Å². The Morgan fingerprint density at radius 3 is 2.53 bits per heavy atom. The van der Waals surface area contributed by atoms with Gasteiger partial charge in [-0.15, -0.1) is 0 Å². The van der Waals surface area contributed by atoms with Gasteiger partial charge in [0.15, 0.2) is 0 Å². The molecule has 0 radical (unpaired) electrons. The van der Waals surface area contributed by atoms with Crippen LogP contribution in [-0.4, -0.2) is 4.98 Å². The molecule has 0 aliphatic carbocycles. The maximum absolute atomic E-state index is 3.17. The van der Waals surface area contributed by atoms with Gasteiger partial charge in [-0.25, -0.2) is 0 Å². The first-order valence-corrected chi connectivity index (χ1v) is 5.73. The molecule has 0 bridgehead atoms. The number of hydrogen-bond donors (Lipinski definition) is 1. The second kappa shape index (κ2) is 4.30. The number of rotatable bonds is 2. The first-order chi connectivity index (χ1) is 8.43. The van der Waals surface area contributed by atoms with Crippen molar-refractivity contribution in [2.24, 2.45) is 0 Å². The van der Waals surface area contributed by atoms with Crippen LogP contribution in [0.2, 0.25) is 0 Å². The molecule has 2 aromatic carbocycles. The minimum Gasteiger partial charge on any atom is -0.362 e. The lowest BCUT2D eigenvalue weighted by molar-refractivity contribution is 1.38. The molecule has 1 N–H and O–H groups in total. The van der Waals surface area contributed by atoms with Gasteiger partial charge >= 0.3 is 0 Å². The van der Waals surface area contributed by atoms with E-state index in [-0.39, 0.29) is 0 Å². The van der Waals surface area contributed by atoms with Crippen LogP contribution in [0.1, 0.15) is 11.3 Å². The minimum atomic E-state index is 1.12. The summed E-state index contributed by atoms with van der Waals surface area (Å²) >= 11 is 0. The molecule has 0 aliphatic rings. The largest absolute Gasteiger partial charge is 0.362 e. The Labute approximate surface area is 100 Å². The summed E-state index contributed by atoms with van der Waals surface area (Å²) in [6.07, 6.45) is 6.18. The molecule has 0 unspecified atom stereocenters. The number of aromatic nitrogens is 1. The molecule has 0 aliphatic heterocycles. The molecule has 0 spiro atoms. The summed E-state index contributed by atoms with van der Waals surface area (Å²) < 4.78 is 0. The molecule has 82 valence electrons. The van der Waals surface area contributed by atoms with Crippen molar-refractivity contribution in [2.45, 2.75) is 0 Å². The van der Waals surface area contributed by atoms with E-state index in [2.05, 4.69) is 65.7 Å². The average molecular weight is 219 g/mol. The van der Waals surface area contributed by atoms with Crippen molar-refractivity contribution in [2.75, 3.05) is 0 Å². The van der Waals surface area contributed by atoms with Crippen LogP contribution in [0.3, 0.4) is 0 Å². The second-order valence-corrected chi connectivity index (χ2v) is 4.03. The van der Waals surface area contributed by atoms with Gasteiger partial charge < -0.3 is 4.98 Å². The van der Waals surface area contributed by atoms with Crippen molar-refractivity contribution >= 4 is 22.9 Å². The highest BCUT2D eigenvalue weighted by molar-refractivity contribution is 5.92. The molecule has 0 atom stereocenters. The summed E-state index contributed by atoms with van der Waals surface area (Å²) in [5.41, 5.74) is 2.37. The highest BCUT2D eigenvalue weighted by Crippen LogP contribution is 2.20. The van der Waals surface area contributed by atoms with Crippen molar-refractivity contribution in [1.29, 1.82) is 0 Å². The van der Waals surface area contributed by atoms with E-state index < -0.39 is 0 Å². The molecule has 0 fully saturated rings. The third-order valence-corrected chi connectivity index (χ3v) is 2.89. The van der Waals surface area contributed by atoms with Crippen molar-refractivity contribution in [3.8, 4) is 0 Å². The lowest BCUT2D eigenvalue weighted by atomic mass is 10.0. The topological polar surface area (TPSA) is 15.8 Å². The van der Waals surface area contributed by atoms with E-state index in [9.17, 15) is 0 Å². The Morgan fingerprint density at radius 1 is 0.765 bits per heavy atom. The standard InChI is InChI=1S/C16H13N/c1-2-9-16-13(5-1)6-3-7-14(16)10-11-15-8-4-12-17-15/h1-12,17H/b11-10+. The highest BCUT2D eigenvalue weighted by atomic mass is 14.7. The third kappa shape index (κ3) is 2.00. The van der Waals surface area contributed by atoms with Crippen molar-refractivity contribution < 1.29 is 0 Å². The van der Waals surface area contributed by atoms with Crippen LogP contribution in [0.25, 0.3) is 22.9 Å². The normalized spacial score (nSPS) is 11.3. The fourth-order valence-corrected chi connectivity index (χ4v) is 2.02. The van der Waals surface area contributed by atoms with Gasteiger partial charge in [0.1, 0.15) is 0 Å². The van der Waals surface area contributed by atoms with Gasteiger partial charge in [0.05, 0.1) is 0 Å². The van der Waals surface area contributed by atoms with Gasteiger partial charge in [-0.1, -0.05) is 48.5 Å². The van der Waals surface area contributed by atoms with E-state index in [1.54, 1.807) is 0 Å². The number of benzene rings is 2. The van der Waals surface area contributed by atoms with Gasteiger partial charge in [0.2, 0.25) is 0 Å². The fraction of sp³-hybridized carbons (Fsp3) is 0. The lowest BCUT2D eigenvalue weighted by Crippen LogP contribution is -1.77. The van der Waals surface area contributed by atoms with Crippen LogP contribution >= 0.6 is 0 Å². The fourth-order valence-electron chi connectivity index (χ4n) is 2.02. The molecule has 1 heterocycles. The van der Waals surface area contributed by atoms with Gasteiger partial charge in [-0.2, -0.15) is 0 Å². The number of fused-ring (bicyclic) bond motifs is 1. The molecule has 17 heavy (non-hydrogen) atoms. The van der Waals surface area contributed by atoms with E-state index in [0.29, 0.717) is 0 Å². The second-order valence-electron chi connectivity index (χ2n) is 4.03. The predicted molar refractivity (Wildman–Crippen MR) is 73.7 cm³/mol. The van der Waals surface area contributed by atoms with Crippen molar-refractivity contribution in [1.82, 2.24) is 4.98 Å². The Kier molecular flexibility index (Phi) is 2.51. The van der Waals surface area contributed by atoms with Gasteiger partial charge in [0, 0.05) is 11.9 Å². The van der Waals surface area contributed by atoms with Crippen LogP contribution in [-0.2, 0) is 0 Å². The van der Waals surface area contributed by atoms with Gasteiger partial charge in [0.25, 0.3) is 0 Å². The Balaban J connectivity index is 2.06. The van der Waals surface area contributed by atoms with Crippen molar-refractivity contribution in [3.05, 3.63) is 72.1 Å². The van der Waals surface area contributed by atoms with E-state index in [1.807, 2.05) is 12.3 Å². The summed E-state index contributed by atoms with van der Waals surface area (Å²) in [7, 11) is 0. The van der Waals surface area contributed by atoms with Crippen LogP contribution < -0.4 is 0 Å². The average Bonchev–Trinajstić information content (AvgIpc) is 2.89. The summed E-state index contributed by atoms with van der Waals surface area (Å²) in [6.45, 7) is 0. The number of aromatic amines is 1. The van der Waals surface area contributed by atoms with Gasteiger partial charge in [-0.3, -0.25) is 0 Å². The minimum absolute atomic E-state index is 1.12. The Hall–Kier alpha value is -2.28. The summed E-state index contributed by atoms with van der Waals surface area (Å²) in [6, 6.07) is 18.9. The monoisotopic (exact) mass is 219 g/mol. The molecule has 3 rings (SSSR count). The number of hydrogen-bond acceptors (Lipinski definition) is 0. The quantitative estimate of drug-likeness (QED) is 0.660. The zero-order chi connectivity index (χ0) is 11.5. The molecule has 0 amide bonds. The molecule has 0 saturated carbocycles. The van der Waals surface area contributed by atoms with Crippen LogP contribution in [0.15, 0.2) is 60.8 Å². The highest BCUT2D eigenvalue weighted by Gasteiger charge is 1.96. The lowest BCUT2D eigenvalue weighted by Gasteiger charge is -2.01. The molecular formula is C16H13N. The Morgan fingerprint density at radius 2 is 1.65 bits per heavy atom.